The summed E-state index contributed by atoms with van der Waals surface area (Å²) in [6, 6.07) is 2.32. The third-order valence-electron chi connectivity index (χ3n) is 1.86. The summed E-state index contributed by atoms with van der Waals surface area (Å²) in [6.45, 7) is 0. The van der Waals surface area contributed by atoms with Gasteiger partial charge in [0.05, 0.1) is 5.56 Å². The van der Waals surface area contributed by atoms with E-state index in [4.69, 9.17) is 0 Å². The molecule has 0 radical (unpaired) electrons. The molecule has 0 spiro atoms. The minimum absolute atomic E-state index is 0.199. The standard InChI is InChI=1S/C9H6F5NO/c10-8(11,7(15)16)5-2-1-3-6(4-5)9(12,13)14/h1-4H,(H2,15,16). The number of nitrogens with two attached hydrogens (primary N) is 1. The van der Waals surface area contributed by atoms with Crippen LogP contribution in [-0.2, 0) is 16.9 Å². The number of halogens is 5. The van der Waals surface area contributed by atoms with E-state index in [9.17, 15) is 26.7 Å². The van der Waals surface area contributed by atoms with E-state index in [1.165, 1.54) is 0 Å². The lowest BCUT2D eigenvalue weighted by Crippen LogP contribution is -2.33. The molecule has 0 aliphatic rings. The summed E-state index contributed by atoms with van der Waals surface area (Å²) in [6.07, 6.45) is -4.75. The summed E-state index contributed by atoms with van der Waals surface area (Å²) >= 11 is 0. The van der Waals surface area contributed by atoms with Crippen molar-refractivity contribution in [2.24, 2.45) is 5.73 Å². The number of primary amides is 1. The smallest absolute Gasteiger partial charge is 0.364 e. The zero-order chi connectivity index (χ0) is 12.6. The van der Waals surface area contributed by atoms with Gasteiger partial charge in [0, 0.05) is 5.56 Å². The molecule has 0 bridgehead atoms. The fourth-order valence-corrected chi connectivity index (χ4v) is 1.03. The first-order valence-corrected chi connectivity index (χ1v) is 4.01. The van der Waals surface area contributed by atoms with E-state index < -0.39 is 29.1 Å². The predicted molar refractivity (Wildman–Crippen MR) is 44.5 cm³/mol. The Bertz CT molecular complexity index is 413. The minimum atomic E-state index is -4.75. The van der Waals surface area contributed by atoms with Gasteiger partial charge in [-0.1, -0.05) is 12.1 Å². The van der Waals surface area contributed by atoms with Crippen LogP contribution in [0.1, 0.15) is 11.1 Å². The maximum atomic E-state index is 13.0. The van der Waals surface area contributed by atoms with Crippen molar-refractivity contribution in [1.29, 1.82) is 0 Å². The van der Waals surface area contributed by atoms with E-state index in [-0.39, 0.29) is 6.07 Å². The topological polar surface area (TPSA) is 43.1 Å². The average molecular weight is 239 g/mol. The maximum Gasteiger partial charge on any atom is 0.416 e. The second-order valence-corrected chi connectivity index (χ2v) is 3.02. The van der Waals surface area contributed by atoms with Crippen LogP contribution in [0.4, 0.5) is 22.0 Å². The lowest BCUT2D eigenvalue weighted by atomic mass is 10.0. The van der Waals surface area contributed by atoms with Gasteiger partial charge in [-0.2, -0.15) is 22.0 Å². The number of hydrogen-bond acceptors (Lipinski definition) is 1. The van der Waals surface area contributed by atoms with Gasteiger partial charge in [-0.3, -0.25) is 4.79 Å². The summed E-state index contributed by atoms with van der Waals surface area (Å²) in [5, 5.41) is 0. The molecule has 1 aromatic carbocycles. The summed E-state index contributed by atoms with van der Waals surface area (Å²) < 4.78 is 62.6. The second kappa shape index (κ2) is 3.73. The molecule has 16 heavy (non-hydrogen) atoms. The van der Waals surface area contributed by atoms with E-state index in [1.54, 1.807) is 0 Å². The largest absolute Gasteiger partial charge is 0.416 e. The highest BCUT2D eigenvalue weighted by Crippen LogP contribution is 2.34. The van der Waals surface area contributed by atoms with Gasteiger partial charge in [0.15, 0.2) is 0 Å². The fourth-order valence-electron chi connectivity index (χ4n) is 1.03. The Morgan fingerprint density at radius 2 is 1.56 bits per heavy atom. The lowest BCUT2D eigenvalue weighted by Gasteiger charge is -2.14. The van der Waals surface area contributed by atoms with Gasteiger partial charge in [-0.15, -0.1) is 0 Å². The summed E-state index contributed by atoms with van der Waals surface area (Å²) in [5.74, 6) is -6.10. The zero-order valence-corrected chi connectivity index (χ0v) is 7.68. The van der Waals surface area contributed by atoms with E-state index in [0.717, 1.165) is 6.07 Å². The second-order valence-electron chi connectivity index (χ2n) is 3.02. The Kier molecular flexibility index (Phi) is 2.89. The Hall–Kier alpha value is -1.66. The molecule has 7 heteroatoms. The average Bonchev–Trinajstić information content (AvgIpc) is 2.16. The maximum absolute atomic E-state index is 13.0. The molecule has 1 aromatic rings. The lowest BCUT2D eigenvalue weighted by molar-refractivity contribution is -0.144. The van der Waals surface area contributed by atoms with Crippen molar-refractivity contribution >= 4 is 5.91 Å². The van der Waals surface area contributed by atoms with Crippen LogP contribution in [0.25, 0.3) is 0 Å². The monoisotopic (exact) mass is 239 g/mol. The molecule has 2 N–H and O–H groups in total. The number of carbonyl (C=O) groups excluding carboxylic acids is 1. The zero-order valence-electron chi connectivity index (χ0n) is 7.68. The fraction of sp³-hybridized carbons (Fsp3) is 0.222. The molecular formula is C9H6F5NO. The number of rotatable bonds is 2. The van der Waals surface area contributed by atoms with Crippen molar-refractivity contribution in [3.05, 3.63) is 35.4 Å². The SMILES string of the molecule is NC(=O)C(F)(F)c1cccc(C(F)(F)F)c1. The molecule has 88 valence electrons. The van der Waals surface area contributed by atoms with Crippen LogP contribution in [0, 0.1) is 0 Å². The van der Waals surface area contributed by atoms with Crippen LogP contribution in [0.15, 0.2) is 24.3 Å². The molecule has 1 amide bonds. The molecular weight excluding hydrogens is 233 g/mol. The highest BCUT2D eigenvalue weighted by Gasteiger charge is 2.40. The Morgan fingerprint density at radius 1 is 1.06 bits per heavy atom. The Labute approximate surface area is 86.9 Å². The third-order valence-corrected chi connectivity index (χ3v) is 1.86. The van der Waals surface area contributed by atoms with Crippen LogP contribution in [0.2, 0.25) is 0 Å². The molecule has 0 aromatic heterocycles. The molecule has 2 nitrogen and oxygen atoms in total. The number of carbonyl (C=O) groups is 1. The van der Waals surface area contributed by atoms with Crippen molar-refractivity contribution in [2.45, 2.75) is 12.1 Å². The first-order chi connectivity index (χ1) is 7.15. The van der Waals surface area contributed by atoms with Gasteiger partial charge in [-0.25, -0.2) is 0 Å². The highest BCUT2D eigenvalue weighted by atomic mass is 19.4. The molecule has 0 unspecified atom stereocenters. The predicted octanol–water partition coefficient (Wildman–Crippen LogP) is 2.28. The molecule has 0 atom stereocenters. The molecule has 0 saturated heterocycles. The highest BCUT2D eigenvalue weighted by molar-refractivity contribution is 5.83. The van der Waals surface area contributed by atoms with Crippen LogP contribution in [0.5, 0.6) is 0 Å². The van der Waals surface area contributed by atoms with Crippen LogP contribution < -0.4 is 5.73 Å². The summed E-state index contributed by atoms with van der Waals surface area (Å²) in [4.78, 5) is 10.4. The van der Waals surface area contributed by atoms with Crippen molar-refractivity contribution in [2.75, 3.05) is 0 Å². The van der Waals surface area contributed by atoms with E-state index in [2.05, 4.69) is 5.73 Å². The Morgan fingerprint density at radius 3 is 2.00 bits per heavy atom. The molecule has 0 saturated carbocycles. The van der Waals surface area contributed by atoms with Gasteiger partial charge in [0.25, 0.3) is 5.91 Å². The third kappa shape index (κ3) is 2.29. The Balaban J connectivity index is 3.23. The first kappa shape index (κ1) is 12.4. The van der Waals surface area contributed by atoms with Crippen LogP contribution in [-0.4, -0.2) is 5.91 Å². The number of alkyl halides is 5. The normalized spacial score (nSPS) is 12.6. The van der Waals surface area contributed by atoms with Crippen molar-refractivity contribution < 1.29 is 26.7 Å². The first-order valence-electron chi connectivity index (χ1n) is 4.01. The van der Waals surface area contributed by atoms with E-state index in [1.807, 2.05) is 0 Å². The molecule has 0 fully saturated rings. The summed E-state index contributed by atoms with van der Waals surface area (Å²) in [7, 11) is 0. The summed E-state index contributed by atoms with van der Waals surface area (Å²) in [5.41, 5.74) is 2.06. The van der Waals surface area contributed by atoms with E-state index in [0.29, 0.717) is 12.1 Å². The van der Waals surface area contributed by atoms with Crippen molar-refractivity contribution in [3.63, 3.8) is 0 Å². The van der Waals surface area contributed by atoms with Crippen molar-refractivity contribution in [1.82, 2.24) is 0 Å². The molecule has 0 aliphatic heterocycles. The molecule has 0 aliphatic carbocycles. The molecule has 0 heterocycles. The van der Waals surface area contributed by atoms with Gasteiger partial charge < -0.3 is 5.73 Å². The minimum Gasteiger partial charge on any atom is -0.364 e. The van der Waals surface area contributed by atoms with Crippen LogP contribution >= 0.6 is 0 Å². The van der Waals surface area contributed by atoms with Gasteiger partial charge in [0.1, 0.15) is 0 Å². The van der Waals surface area contributed by atoms with Crippen molar-refractivity contribution in [3.8, 4) is 0 Å². The van der Waals surface area contributed by atoms with Crippen LogP contribution in [0.3, 0.4) is 0 Å². The van der Waals surface area contributed by atoms with Gasteiger partial charge in [-0.05, 0) is 12.1 Å². The number of amides is 1. The van der Waals surface area contributed by atoms with Gasteiger partial charge in [0.2, 0.25) is 0 Å². The number of benzene rings is 1. The molecule has 1 rings (SSSR count). The van der Waals surface area contributed by atoms with Gasteiger partial charge >= 0.3 is 12.1 Å². The van der Waals surface area contributed by atoms with E-state index >= 15 is 0 Å². The quantitative estimate of drug-likeness (QED) is 0.790. The number of hydrogen-bond donors (Lipinski definition) is 1.